The second-order valence-electron chi connectivity index (χ2n) is 6.41. The van der Waals surface area contributed by atoms with Crippen molar-refractivity contribution in [1.29, 1.82) is 0 Å². The first-order chi connectivity index (χ1) is 10.9. The molecule has 8 heteroatoms. The van der Waals surface area contributed by atoms with Crippen LogP contribution in [-0.4, -0.2) is 62.6 Å². The third-order valence-corrected chi connectivity index (χ3v) is 3.46. The first kappa shape index (κ1) is 17.0. The number of carbonyl (C=O) groups excluding carboxylic acids is 1. The molecule has 2 aromatic heterocycles. The molecule has 2 heterocycles. The van der Waals surface area contributed by atoms with Crippen molar-refractivity contribution in [2.75, 3.05) is 20.6 Å². The van der Waals surface area contributed by atoms with Crippen molar-refractivity contribution in [3.8, 4) is 11.4 Å². The number of carbonyl (C=O) groups is 1. The molecule has 23 heavy (non-hydrogen) atoms. The zero-order valence-electron chi connectivity index (χ0n) is 14.0. The molecule has 1 amide bonds. The van der Waals surface area contributed by atoms with Gasteiger partial charge in [0.1, 0.15) is 5.69 Å². The Labute approximate surface area is 135 Å². The van der Waals surface area contributed by atoms with Gasteiger partial charge in [0.15, 0.2) is 0 Å². The Balaban J connectivity index is 1.94. The van der Waals surface area contributed by atoms with E-state index in [4.69, 9.17) is 0 Å². The molecule has 0 atom stereocenters. The molecule has 2 rings (SSSR count). The van der Waals surface area contributed by atoms with E-state index in [2.05, 4.69) is 35.8 Å². The van der Waals surface area contributed by atoms with Crippen LogP contribution >= 0.6 is 0 Å². The summed E-state index contributed by atoms with van der Waals surface area (Å²) >= 11 is 0. The van der Waals surface area contributed by atoms with E-state index >= 15 is 0 Å². The number of H-pyrrole nitrogens is 1. The topological polar surface area (TPSA) is 99.7 Å². The number of rotatable bonds is 7. The lowest BCUT2D eigenvalue weighted by molar-refractivity contribution is 0.0902. The summed E-state index contributed by atoms with van der Waals surface area (Å²) in [6, 6.07) is 3.42. The normalized spacial score (nSPS) is 11.7. The molecule has 0 saturated heterocycles. The molecule has 2 N–H and O–H groups in total. The first-order valence-electron chi connectivity index (χ1n) is 7.54. The fourth-order valence-electron chi connectivity index (χ4n) is 2.22. The molecule has 0 fully saturated rings. The third-order valence-electron chi connectivity index (χ3n) is 3.46. The van der Waals surface area contributed by atoms with Gasteiger partial charge in [0, 0.05) is 17.3 Å². The van der Waals surface area contributed by atoms with Crippen molar-refractivity contribution >= 4 is 5.91 Å². The summed E-state index contributed by atoms with van der Waals surface area (Å²) in [4.78, 5) is 18.6. The van der Waals surface area contributed by atoms with Crippen LogP contribution in [0.15, 0.2) is 18.3 Å². The third kappa shape index (κ3) is 5.10. The highest BCUT2D eigenvalue weighted by molar-refractivity contribution is 5.93. The lowest BCUT2D eigenvalue weighted by Crippen LogP contribution is -2.44. The van der Waals surface area contributed by atoms with Crippen molar-refractivity contribution in [2.45, 2.75) is 32.2 Å². The van der Waals surface area contributed by atoms with Crippen LogP contribution in [0, 0.1) is 0 Å². The number of amides is 1. The van der Waals surface area contributed by atoms with Gasteiger partial charge in [0.2, 0.25) is 5.82 Å². The van der Waals surface area contributed by atoms with Gasteiger partial charge < -0.3 is 10.2 Å². The molecule has 0 aromatic carbocycles. The van der Waals surface area contributed by atoms with E-state index < -0.39 is 0 Å². The second kappa shape index (κ2) is 7.28. The predicted octanol–water partition coefficient (Wildman–Crippen LogP) is 1.11. The molecular formula is C15H23N7O. The summed E-state index contributed by atoms with van der Waals surface area (Å²) in [5.74, 6) is 0.271. The van der Waals surface area contributed by atoms with Gasteiger partial charge in [-0.05, 0) is 64.7 Å². The summed E-state index contributed by atoms with van der Waals surface area (Å²) < 4.78 is 0. The summed E-state index contributed by atoms with van der Waals surface area (Å²) in [6.45, 7) is 5.04. The average molecular weight is 317 g/mol. The van der Waals surface area contributed by atoms with Gasteiger partial charge in [-0.2, -0.15) is 5.21 Å². The highest BCUT2D eigenvalue weighted by atomic mass is 16.2. The lowest BCUT2D eigenvalue weighted by Gasteiger charge is -2.26. The van der Waals surface area contributed by atoms with E-state index in [0.29, 0.717) is 17.1 Å². The second-order valence-corrected chi connectivity index (χ2v) is 6.41. The Bertz CT molecular complexity index is 620. The van der Waals surface area contributed by atoms with Crippen molar-refractivity contribution in [1.82, 2.24) is 35.8 Å². The van der Waals surface area contributed by atoms with E-state index in [-0.39, 0.29) is 11.4 Å². The maximum Gasteiger partial charge on any atom is 0.270 e. The van der Waals surface area contributed by atoms with Gasteiger partial charge in [-0.1, -0.05) is 0 Å². The molecule has 8 nitrogen and oxygen atoms in total. The monoisotopic (exact) mass is 317 g/mol. The number of nitrogens with zero attached hydrogens (tertiary/aromatic N) is 5. The number of aromatic amines is 1. The summed E-state index contributed by atoms with van der Waals surface area (Å²) in [5.41, 5.74) is 0.805. The molecule has 0 radical (unpaired) electrons. The van der Waals surface area contributed by atoms with E-state index in [1.165, 1.54) is 0 Å². The molecule has 0 bridgehead atoms. The van der Waals surface area contributed by atoms with Gasteiger partial charge >= 0.3 is 0 Å². The molecule has 2 aromatic rings. The van der Waals surface area contributed by atoms with E-state index in [9.17, 15) is 4.79 Å². The molecule has 124 valence electrons. The fourth-order valence-corrected chi connectivity index (χ4v) is 2.22. The highest BCUT2D eigenvalue weighted by Gasteiger charge is 2.21. The zero-order chi connectivity index (χ0) is 16.9. The smallest absolute Gasteiger partial charge is 0.270 e. The van der Waals surface area contributed by atoms with E-state index in [0.717, 1.165) is 19.4 Å². The minimum atomic E-state index is -0.277. The quantitative estimate of drug-likeness (QED) is 0.793. The van der Waals surface area contributed by atoms with Crippen molar-refractivity contribution in [3.63, 3.8) is 0 Å². The van der Waals surface area contributed by atoms with Gasteiger partial charge in [-0.15, -0.1) is 10.2 Å². The van der Waals surface area contributed by atoms with Gasteiger partial charge in [-0.25, -0.2) is 0 Å². The van der Waals surface area contributed by atoms with Crippen LogP contribution < -0.4 is 5.32 Å². The van der Waals surface area contributed by atoms with Crippen LogP contribution in [0.4, 0.5) is 0 Å². The van der Waals surface area contributed by atoms with Crippen molar-refractivity contribution < 1.29 is 4.79 Å². The Hall–Kier alpha value is -2.35. The van der Waals surface area contributed by atoms with Crippen molar-refractivity contribution in [3.05, 3.63) is 24.0 Å². The van der Waals surface area contributed by atoms with Crippen LogP contribution in [0.1, 0.15) is 37.2 Å². The average Bonchev–Trinajstić information content (AvgIpc) is 3.00. The highest BCUT2D eigenvalue weighted by Crippen LogP contribution is 2.14. The molecule has 0 aliphatic carbocycles. The minimum Gasteiger partial charge on any atom is -0.346 e. The standard InChI is InChI=1S/C15H23N7O/c1-15(2,8-5-9-22(3)4)17-14(23)12-7-6-11(10-16-12)13-18-20-21-19-13/h6-7,10H,5,8-9H2,1-4H3,(H,17,23)(H,18,19,20,21). The number of hydrogen-bond donors (Lipinski definition) is 2. The SMILES string of the molecule is CN(C)CCCC(C)(C)NC(=O)c1ccc(-c2nn[nH]n2)cn1. The lowest BCUT2D eigenvalue weighted by atomic mass is 9.98. The number of aromatic nitrogens is 5. The Kier molecular flexibility index (Phi) is 5.38. The molecule has 0 unspecified atom stereocenters. The maximum atomic E-state index is 12.3. The molecule has 0 spiro atoms. The number of tetrazole rings is 1. The zero-order valence-corrected chi connectivity index (χ0v) is 14.0. The number of pyridine rings is 1. The summed E-state index contributed by atoms with van der Waals surface area (Å²) in [6.07, 6.45) is 3.49. The molecular weight excluding hydrogens is 294 g/mol. The van der Waals surface area contributed by atoms with Gasteiger partial charge in [0.05, 0.1) is 0 Å². The van der Waals surface area contributed by atoms with Crippen LogP contribution in [0.5, 0.6) is 0 Å². The van der Waals surface area contributed by atoms with Gasteiger partial charge in [0.25, 0.3) is 5.91 Å². The summed E-state index contributed by atoms with van der Waals surface area (Å²) in [7, 11) is 4.08. The molecule has 0 aliphatic heterocycles. The largest absolute Gasteiger partial charge is 0.346 e. The molecule has 0 saturated carbocycles. The summed E-state index contributed by atoms with van der Waals surface area (Å²) in [5, 5.41) is 16.7. The maximum absolute atomic E-state index is 12.3. The minimum absolute atomic E-state index is 0.181. The van der Waals surface area contributed by atoms with E-state index in [1.54, 1.807) is 18.3 Å². The number of hydrogen-bond acceptors (Lipinski definition) is 6. The van der Waals surface area contributed by atoms with Crippen LogP contribution in [0.25, 0.3) is 11.4 Å². The number of nitrogens with one attached hydrogen (secondary N) is 2. The Morgan fingerprint density at radius 2 is 2.13 bits per heavy atom. The van der Waals surface area contributed by atoms with Crippen LogP contribution in [0.3, 0.4) is 0 Å². The molecule has 0 aliphatic rings. The van der Waals surface area contributed by atoms with E-state index in [1.807, 2.05) is 27.9 Å². The van der Waals surface area contributed by atoms with Crippen LogP contribution in [0.2, 0.25) is 0 Å². The van der Waals surface area contributed by atoms with Crippen LogP contribution in [-0.2, 0) is 0 Å². The fraction of sp³-hybridized carbons (Fsp3) is 0.533. The van der Waals surface area contributed by atoms with Crippen molar-refractivity contribution in [2.24, 2.45) is 0 Å². The Morgan fingerprint density at radius 1 is 1.35 bits per heavy atom. The Morgan fingerprint density at radius 3 is 2.70 bits per heavy atom. The predicted molar refractivity (Wildman–Crippen MR) is 86.7 cm³/mol. The first-order valence-corrected chi connectivity index (χ1v) is 7.54. The van der Waals surface area contributed by atoms with Gasteiger partial charge in [-0.3, -0.25) is 9.78 Å².